The van der Waals surface area contributed by atoms with Crippen LogP contribution in [-0.2, 0) is 4.74 Å². The van der Waals surface area contributed by atoms with E-state index in [-0.39, 0.29) is 5.60 Å². The predicted octanol–water partition coefficient (Wildman–Crippen LogP) is 4.51. The van der Waals surface area contributed by atoms with E-state index in [1.165, 1.54) is 6.42 Å². The molecular weight excluding hydrogens is 172 g/mol. The zero-order valence-corrected chi connectivity index (χ0v) is 11.7. The van der Waals surface area contributed by atoms with E-state index in [4.69, 9.17) is 4.74 Å². The molecule has 0 aromatic carbocycles. The van der Waals surface area contributed by atoms with Gasteiger partial charge in [-0.15, -0.1) is 0 Å². The van der Waals surface area contributed by atoms with Crippen LogP contribution in [0.4, 0.5) is 0 Å². The quantitative estimate of drug-likeness (QED) is 0.608. The number of rotatable bonds is 1. The standard InChI is InChI=1S/C8H18.C5H12O/c1-7(2)6-8(3,4)5;1-5(2,3)6-4/h7H,6H2,1-5H3;1-4H3. The molecule has 0 N–H and O–H groups in total. The summed E-state index contributed by atoms with van der Waals surface area (Å²) in [6, 6.07) is 0. The zero-order chi connectivity index (χ0) is 12.0. The summed E-state index contributed by atoms with van der Waals surface area (Å²) in [5, 5.41) is 0. The van der Waals surface area contributed by atoms with Gasteiger partial charge in [-0.25, -0.2) is 0 Å². The Balaban J connectivity index is 0. The van der Waals surface area contributed by atoms with Gasteiger partial charge in [-0.2, -0.15) is 0 Å². The molecule has 14 heavy (non-hydrogen) atoms. The van der Waals surface area contributed by atoms with E-state index < -0.39 is 0 Å². The van der Waals surface area contributed by atoms with Gasteiger partial charge in [0.15, 0.2) is 0 Å². The number of hydrogen-bond donors (Lipinski definition) is 0. The van der Waals surface area contributed by atoms with Gasteiger partial charge in [0.1, 0.15) is 0 Å². The maximum atomic E-state index is 4.94. The van der Waals surface area contributed by atoms with Crippen LogP contribution < -0.4 is 0 Å². The summed E-state index contributed by atoms with van der Waals surface area (Å²) in [5.74, 6) is 0.843. The van der Waals surface area contributed by atoms with Gasteiger partial charge in [-0.1, -0.05) is 34.6 Å². The van der Waals surface area contributed by atoms with Gasteiger partial charge in [-0.3, -0.25) is 0 Å². The number of ether oxygens (including phenoxy) is 1. The average molecular weight is 202 g/mol. The van der Waals surface area contributed by atoms with Gasteiger partial charge in [0.05, 0.1) is 5.60 Å². The van der Waals surface area contributed by atoms with Crippen molar-refractivity contribution < 1.29 is 4.74 Å². The minimum Gasteiger partial charge on any atom is -0.379 e. The molecule has 0 rings (SSSR count). The first-order valence-corrected chi connectivity index (χ1v) is 5.53. The first kappa shape index (κ1) is 16.4. The Bertz CT molecular complexity index is 123. The fourth-order valence-corrected chi connectivity index (χ4v) is 1.22. The Morgan fingerprint density at radius 3 is 1.21 bits per heavy atom. The molecule has 1 heteroatoms. The van der Waals surface area contributed by atoms with E-state index >= 15 is 0 Å². The van der Waals surface area contributed by atoms with E-state index in [1.54, 1.807) is 7.11 Å². The summed E-state index contributed by atoms with van der Waals surface area (Å²) in [6.07, 6.45) is 1.33. The lowest BCUT2D eigenvalue weighted by atomic mass is 9.86. The molecule has 0 saturated heterocycles. The topological polar surface area (TPSA) is 9.23 Å². The largest absolute Gasteiger partial charge is 0.379 e. The SMILES string of the molecule is CC(C)CC(C)(C)C.COC(C)(C)C. The highest BCUT2D eigenvalue weighted by molar-refractivity contribution is 4.62. The number of methoxy groups -OCH3 is 1. The van der Waals surface area contributed by atoms with Gasteiger partial charge < -0.3 is 4.74 Å². The van der Waals surface area contributed by atoms with E-state index in [1.807, 2.05) is 20.8 Å². The summed E-state index contributed by atoms with van der Waals surface area (Å²) < 4.78 is 4.94. The van der Waals surface area contributed by atoms with Crippen molar-refractivity contribution in [3.63, 3.8) is 0 Å². The molecular formula is C13H30O. The Hall–Kier alpha value is -0.0400. The molecule has 0 aliphatic carbocycles. The molecule has 88 valence electrons. The summed E-state index contributed by atoms with van der Waals surface area (Å²) in [6.45, 7) is 17.5. The first-order chi connectivity index (χ1) is 5.98. The van der Waals surface area contributed by atoms with Gasteiger partial charge in [-0.05, 0) is 38.5 Å². The molecule has 0 amide bonds. The van der Waals surface area contributed by atoms with Crippen LogP contribution in [0.2, 0.25) is 0 Å². The van der Waals surface area contributed by atoms with Crippen molar-refractivity contribution in [2.75, 3.05) is 7.11 Å². The molecule has 0 saturated carbocycles. The third-order valence-electron chi connectivity index (χ3n) is 1.63. The monoisotopic (exact) mass is 202 g/mol. The Morgan fingerprint density at radius 2 is 1.21 bits per heavy atom. The maximum Gasteiger partial charge on any atom is 0.0594 e. The van der Waals surface area contributed by atoms with Crippen molar-refractivity contribution in [2.24, 2.45) is 11.3 Å². The highest BCUT2D eigenvalue weighted by Gasteiger charge is 2.11. The predicted molar refractivity (Wildman–Crippen MR) is 65.7 cm³/mol. The smallest absolute Gasteiger partial charge is 0.0594 e. The second-order valence-corrected chi connectivity index (χ2v) is 6.48. The molecule has 0 bridgehead atoms. The fraction of sp³-hybridized carbons (Fsp3) is 1.00. The van der Waals surface area contributed by atoms with Crippen LogP contribution in [0.5, 0.6) is 0 Å². The van der Waals surface area contributed by atoms with Gasteiger partial charge in [0.2, 0.25) is 0 Å². The van der Waals surface area contributed by atoms with Crippen LogP contribution in [0, 0.1) is 11.3 Å². The molecule has 0 unspecified atom stereocenters. The van der Waals surface area contributed by atoms with Crippen LogP contribution >= 0.6 is 0 Å². The van der Waals surface area contributed by atoms with E-state index in [0.29, 0.717) is 5.41 Å². The molecule has 0 heterocycles. The normalized spacial score (nSPS) is 12.4. The average Bonchev–Trinajstić information content (AvgIpc) is 1.81. The molecule has 0 aromatic heterocycles. The van der Waals surface area contributed by atoms with E-state index in [0.717, 1.165) is 5.92 Å². The molecule has 0 fully saturated rings. The minimum absolute atomic E-state index is 0.0417. The highest BCUT2D eigenvalue weighted by Crippen LogP contribution is 2.23. The van der Waals surface area contributed by atoms with Crippen molar-refractivity contribution in [1.82, 2.24) is 0 Å². The third-order valence-corrected chi connectivity index (χ3v) is 1.63. The van der Waals surface area contributed by atoms with Crippen LogP contribution in [0.25, 0.3) is 0 Å². The lowest BCUT2D eigenvalue weighted by Gasteiger charge is -2.19. The summed E-state index contributed by atoms with van der Waals surface area (Å²) in [5.41, 5.74) is 0.564. The van der Waals surface area contributed by atoms with Gasteiger partial charge in [0.25, 0.3) is 0 Å². The molecule has 0 atom stereocenters. The molecule has 0 aliphatic rings. The molecule has 0 aromatic rings. The second kappa shape index (κ2) is 6.44. The highest BCUT2D eigenvalue weighted by atomic mass is 16.5. The summed E-state index contributed by atoms with van der Waals surface area (Å²) >= 11 is 0. The maximum absolute atomic E-state index is 4.94. The van der Waals surface area contributed by atoms with E-state index in [9.17, 15) is 0 Å². The Morgan fingerprint density at radius 1 is 0.929 bits per heavy atom. The van der Waals surface area contributed by atoms with Crippen LogP contribution in [0.1, 0.15) is 61.8 Å². The van der Waals surface area contributed by atoms with Crippen LogP contribution in [0.3, 0.4) is 0 Å². The minimum atomic E-state index is 0.0417. The summed E-state index contributed by atoms with van der Waals surface area (Å²) in [4.78, 5) is 0. The third kappa shape index (κ3) is 22.7. The first-order valence-electron chi connectivity index (χ1n) is 5.53. The van der Waals surface area contributed by atoms with Crippen molar-refractivity contribution in [1.29, 1.82) is 0 Å². The van der Waals surface area contributed by atoms with Crippen molar-refractivity contribution in [3.05, 3.63) is 0 Å². The van der Waals surface area contributed by atoms with Crippen molar-refractivity contribution >= 4 is 0 Å². The zero-order valence-electron chi connectivity index (χ0n) is 11.7. The molecule has 0 spiro atoms. The Labute approximate surface area is 91.2 Å². The van der Waals surface area contributed by atoms with Crippen LogP contribution in [-0.4, -0.2) is 12.7 Å². The summed E-state index contributed by atoms with van der Waals surface area (Å²) in [7, 11) is 1.71. The molecule has 0 aliphatic heterocycles. The second-order valence-electron chi connectivity index (χ2n) is 6.48. The van der Waals surface area contributed by atoms with Crippen molar-refractivity contribution in [3.8, 4) is 0 Å². The van der Waals surface area contributed by atoms with Gasteiger partial charge >= 0.3 is 0 Å². The molecule has 0 radical (unpaired) electrons. The van der Waals surface area contributed by atoms with Gasteiger partial charge in [0, 0.05) is 7.11 Å². The lowest BCUT2D eigenvalue weighted by Crippen LogP contribution is -2.15. The van der Waals surface area contributed by atoms with Crippen LogP contribution in [0.15, 0.2) is 0 Å². The molecule has 1 nitrogen and oxygen atoms in total. The van der Waals surface area contributed by atoms with E-state index in [2.05, 4.69) is 34.6 Å². The number of hydrogen-bond acceptors (Lipinski definition) is 1. The lowest BCUT2D eigenvalue weighted by molar-refractivity contribution is 0.0397. The Kier molecular flexibility index (Phi) is 7.55. The van der Waals surface area contributed by atoms with Crippen molar-refractivity contribution in [2.45, 2.75) is 67.4 Å². The fourth-order valence-electron chi connectivity index (χ4n) is 1.22.